The van der Waals surface area contributed by atoms with E-state index >= 15 is 0 Å². The third-order valence-electron chi connectivity index (χ3n) is 3.71. The van der Waals surface area contributed by atoms with Crippen LogP contribution < -0.4 is 0 Å². The molecule has 0 saturated heterocycles. The highest BCUT2D eigenvalue weighted by atomic mass is 19.1. The second kappa shape index (κ2) is 5.40. The molecule has 106 valence electrons. The molecule has 0 aromatic heterocycles. The summed E-state index contributed by atoms with van der Waals surface area (Å²) in [6.07, 6.45) is 0. The normalized spacial score (nSPS) is 11.9. The molecule has 0 atom stereocenters. The molecular formula is C19H23F. The van der Waals surface area contributed by atoms with Crippen molar-refractivity contribution in [2.45, 2.75) is 46.0 Å². The van der Waals surface area contributed by atoms with Gasteiger partial charge in [0.15, 0.2) is 0 Å². The Balaban J connectivity index is 2.45. The highest BCUT2D eigenvalue weighted by molar-refractivity contribution is 5.65. The van der Waals surface area contributed by atoms with E-state index in [4.69, 9.17) is 0 Å². The molecule has 0 fully saturated rings. The Labute approximate surface area is 121 Å². The van der Waals surface area contributed by atoms with Crippen molar-refractivity contribution >= 4 is 0 Å². The molecule has 0 N–H and O–H groups in total. The number of rotatable bonds is 2. The quantitative estimate of drug-likeness (QED) is 0.636. The molecule has 2 rings (SSSR count). The Kier molecular flexibility index (Phi) is 3.99. The van der Waals surface area contributed by atoms with E-state index in [2.05, 4.69) is 32.9 Å². The molecule has 0 aliphatic heterocycles. The Hall–Kier alpha value is -1.63. The first kappa shape index (κ1) is 14.8. The van der Waals surface area contributed by atoms with Crippen LogP contribution in [0.25, 0.3) is 11.1 Å². The third-order valence-corrected chi connectivity index (χ3v) is 3.71. The van der Waals surface area contributed by atoms with E-state index in [1.165, 1.54) is 5.56 Å². The van der Waals surface area contributed by atoms with Gasteiger partial charge in [0, 0.05) is 5.56 Å². The van der Waals surface area contributed by atoms with E-state index in [0.29, 0.717) is 5.56 Å². The second-order valence-electron chi connectivity index (χ2n) is 6.69. The minimum atomic E-state index is -0.0917. The highest BCUT2D eigenvalue weighted by Gasteiger charge is 2.15. The van der Waals surface area contributed by atoms with Gasteiger partial charge < -0.3 is 0 Å². The van der Waals surface area contributed by atoms with Gasteiger partial charge in [-0.3, -0.25) is 0 Å². The number of hydrogen-bond acceptors (Lipinski definition) is 0. The zero-order chi connectivity index (χ0) is 14.9. The molecule has 1 heteroatoms. The predicted molar refractivity (Wildman–Crippen MR) is 84.6 cm³/mol. The Morgan fingerprint density at radius 2 is 1.50 bits per heavy atom. The summed E-state index contributed by atoms with van der Waals surface area (Å²) in [5.74, 6) is 0.106. The fraction of sp³-hybridized carbons (Fsp3) is 0.368. The largest absolute Gasteiger partial charge is 0.206 e. The van der Waals surface area contributed by atoms with Crippen LogP contribution in [0.2, 0.25) is 0 Å². The molecule has 0 aliphatic rings. The average Bonchev–Trinajstić information content (AvgIpc) is 2.38. The van der Waals surface area contributed by atoms with Crippen molar-refractivity contribution in [1.82, 2.24) is 0 Å². The minimum Gasteiger partial charge on any atom is -0.206 e. The summed E-state index contributed by atoms with van der Waals surface area (Å²) in [7, 11) is 0. The van der Waals surface area contributed by atoms with Crippen LogP contribution in [0, 0.1) is 5.82 Å². The van der Waals surface area contributed by atoms with Crippen molar-refractivity contribution in [3.8, 4) is 11.1 Å². The summed E-state index contributed by atoms with van der Waals surface area (Å²) >= 11 is 0. The van der Waals surface area contributed by atoms with E-state index in [1.807, 2.05) is 44.2 Å². The van der Waals surface area contributed by atoms with Gasteiger partial charge in [0.2, 0.25) is 0 Å². The smallest absolute Gasteiger partial charge is 0.134 e. The monoisotopic (exact) mass is 270 g/mol. The van der Waals surface area contributed by atoms with Gasteiger partial charge in [-0.25, -0.2) is 4.39 Å². The van der Waals surface area contributed by atoms with Crippen molar-refractivity contribution in [2.24, 2.45) is 0 Å². The van der Waals surface area contributed by atoms with Gasteiger partial charge >= 0.3 is 0 Å². The maximum Gasteiger partial charge on any atom is 0.134 e. The van der Waals surface area contributed by atoms with Crippen LogP contribution in [0.4, 0.5) is 4.39 Å². The van der Waals surface area contributed by atoms with Crippen molar-refractivity contribution in [1.29, 1.82) is 0 Å². The standard InChI is InChI=1S/C19H23F/c1-13(2)16-7-6-8-17(18(16)20)14-9-11-15(12-10-14)19(3,4)5/h6-13H,1-5H3. The molecule has 0 amide bonds. The molecule has 0 spiro atoms. The third kappa shape index (κ3) is 2.92. The molecule has 0 nitrogen and oxygen atoms in total. The Morgan fingerprint density at radius 3 is 2.00 bits per heavy atom. The van der Waals surface area contributed by atoms with E-state index in [0.717, 1.165) is 11.1 Å². The SMILES string of the molecule is CC(C)c1cccc(-c2ccc(C(C)(C)C)cc2)c1F. The van der Waals surface area contributed by atoms with Crippen molar-refractivity contribution in [3.05, 3.63) is 59.4 Å². The van der Waals surface area contributed by atoms with Gasteiger partial charge in [0.05, 0.1) is 0 Å². The summed E-state index contributed by atoms with van der Waals surface area (Å²) in [6.45, 7) is 10.6. The van der Waals surface area contributed by atoms with Crippen LogP contribution in [0.1, 0.15) is 51.7 Å². The summed E-state index contributed by atoms with van der Waals surface area (Å²) in [6, 6.07) is 13.9. The minimum absolute atomic E-state index is 0.0917. The molecule has 2 aromatic carbocycles. The van der Waals surface area contributed by atoms with Crippen LogP contribution in [-0.2, 0) is 5.41 Å². The summed E-state index contributed by atoms with van der Waals surface area (Å²) in [5.41, 5.74) is 3.80. The maximum atomic E-state index is 14.5. The lowest BCUT2D eigenvalue weighted by molar-refractivity contribution is 0.590. The zero-order valence-electron chi connectivity index (χ0n) is 13.0. The first-order valence-electron chi connectivity index (χ1n) is 7.20. The predicted octanol–water partition coefficient (Wildman–Crippen LogP) is 5.91. The lowest BCUT2D eigenvalue weighted by Gasteiger charge is -2.19. The first-order chi connectivity index (χ1) is 9.30. The van der Waals surface area contributed by atoms with Crippen molar-refractivity contribution < 1.29 is 4.39 Å². The van der Waals surface area contributed by atoms with Gasteiger partial charge in [0.1, 0.15) is 5.82 Å². The summed E-state index contributed by atoms with van der Waals surface area (Å²) in [5, 5.41) is 0. The van der Waals surface area contributed by atoms with E-state index in [-0.39, 0.29) is 17.2 Å². The lowest BCUT2D eigenvalue weighted by Crippen LogP contribution is -2.10. The fourth-order valence-electron chi connectivity index (χ4n) is 2.37. The molecule has 0 aliphatic carbocycles. The second-order valence-corrected chi connectivity index (χ2v) is 6.69. The summed E-state index contributed by atoms with van der Waals surface area (Å²) in [4.78, 5) is 0. The Morgan fingerprint density at radius 1 is 0.900 bits per heavy atom. The molecule has 2 aromatic rings. The Bertz CT molecular complexity index is 586. The molecule has 20 heavy (non-hydrogen) atoms. The van der Waals surface area contributed by atoms with Crippen LogP contribution in [0.5, 0.6) is 0 Å². The van der Waals surface area contributed by atoms with Crippen LogP contribution in [0.15, 0.2) is 42.5 Å². The van der Waals surface area contributed by atoms with E-state index < -0.39 is 0 Å². The number of hydrogen-bond donors (Lipinski definition) is 0. The van der Waals surface area contributed by atoms with Gasteiger partial charge in [-0.15, -0.1) is 0 Å². The number of benzene rings is 2. The molecule has 0 bridgehead atoms. The molecular weight excluding hydrogens is 247 g/mol. The molecule has 0 heterocycles. The van der Waals surface area contributed by atoms with Gasteiger partial charge in [-0.2, -0.15) is 0 Å². The van der Waals surface area contributed by atoms with E-state index in [1.54, 1.807) is 0 Å². The maximum absolute atomic E-state index is 14.5. The van der Waals surface area contributed by atoms with Crippen molar-refractivity contribution in [3.63, 3.8) is 0 Å². The van der Waals surface area contributed by atoms with Crippen LogP contribution in [0.3, 0.4) is 0 Å². The zero-order valence-corrected chi connectivity index (χ0v) is 13.0. The molecule has 0 unspecified atom stereocenters. The van der Waals surface area contributed by atoms with Gasteiger partial charge in [-0.05, 0) is 28.0 Å². The average molecular weight is 270 g/mol. The topological polar surface area (TPSA) is 0 Å². The first-order valence-corrected chi connectivity index (χ1v) is 7.20. The van der Waals surface area contributed by atoms with E-state index in [9.17, 15) is 4.39 Å². The van der Waals surface area contributed by atoms with Crippen LogP contribution in [-0.4, -0.2) is 0 Å². The molecule has 0 radical (unpaired) electrons. The fourth-order valence-corrected chi connectivity index (χ4v) is 2.37. The van der Waals surface area contributed by atoms with Gasteiger partial charge in [-0.1, -0.05) is 77.1 Å². The molecule has 0 saturated carbocycles. The number of halogens is 1. The highest BCUT2D eigenvalue weighted by Crippen LogP contribution is 2.30. The van der Waals surface area contributed by atoms with Gasteiger partial charge in [0.25, 0.3) is 0 Å². The lowest BCUT2D eigenvalue weighted by atomic mass is 9.86. The van der Waals surface area contributed by atoms with Crippen LogP contribution >= 0.6 is 0 Å². The summed E-state index contributed by atoms with van der Waals surface area (Å²) < 4.78 is 14.5. The van der Waals surface area contributed by atoms with Crippen molar-refractivity contribution in [2.75, 3.05) is 0 Å².